The highest BCUT2D eigenvalue weighted by atomic mass is 32.1. The molecule has 0 spiro atoms. The van der Waals surface area contributed by atoms with Gasteiger partial charge in [0.05, 0.1) is 18.5 Å². The second-order valence-corrected chi connectivity index (χ2v) is 5.34. The number of nitrogens with one attached hydrogen (secondary N) is 1. The van der Waals surface area contributed by atoms with Crippen molar-refractivity contribution in [2.24, 2.45) is 0 Å². The van der Waals surface area contributed by atoms with Crippen molar-refractivity contribution in [3.05, 3.63) is 45.9 Å². The molecule has 5 nitrogen and oxygen atoms in total. The Morgan fingerprint density at radius 3 is 2.60 bits per heavy atom. The van der Waals surface area contributed by atoms with E-state index in [1.807, 2.05) is 31.2 Å². The number of rotatable bonds is 5. The van der Waals surface area contributed by atoms with E-state index in [1.54, 1.807) is 5.38 Å². The predicted octanol–water partition coefficient (Wildman–Crippen LogP) is 2.26. The van der Waals surface area contributed by atoms with Gasteiger partial charge in [0.1, 0.15) is 5.01 Å². The van der Waals surface area contributed by atoms with Crippen LogP contribution in [0.25, 0.3) is 0 Å². The van der Waals surface area contributed by atoms with Gasteiger partial charge in [-0.2, -0.15) is 0 Å². The number of carbonyl (C=O) groups excluding carboxylic acids is 1. The molecule has 0 fully saturated rings. The Bertz CT molecular complexity index is 620. The first-order valence-electron chi connectivity index (χ1n) is 6.04. The second-order valence-electron chi connectivity index (χ2n) is 4.39. The highest BCUT2D eigenvalue weighted by Gasteiger charge is 2.10. The van der Waals surface area contributed by atoms with Gasteiger partial charge in [0.25, 0.3) is 0 Å². The average molecular weight is 290 g/mol. The Hall–Kier alpha value is -2.21. The molecule has 6 heteroatoms. The highest BCUT2D eigenvalue weighted by molar-refractivity contribution is 7.09. The standard InChI is InChI=1S/C14H14N2O3S/c1-9-2-4-10(5-3-9)15-12(17)7-13-16-11(8-20-13)6-14(18)19/h2-5,8H,6-7H2,1H3,(H,15,17)(H,18,19). The van der Waals surface area contributed by atoms with Crippen LogP contribution in [-0.2, 0) is 22.4 Å². The first-order valence-corrected chi connectivity index (χ1v) is 6.92. The number of benzene rings is 1. The van der Waals surface area contributed by atoms with Crippen molar-refractivity contribution >= 4 is 28.9 Å². The quantitative estimate of drug-likeness (QED) is 0.885. The molecule has 0 saturated heterocycles. The molecule has 1 aromatic carbocycles. The summed E-state index contributed by atoms with van der Waals surface area (Å²) >= 11 is 1.30. The fourth-order valence-corrected chi connectivity index (χ4v) is 2.44. The second kappa shape index (κ2) is 6.29. The number of carboxylic acid groups (broad SMARTS) is 1. The maximum Gasteiger partial charge on any atom is 0.309 e. The normalized spacial score (nSPS) is 10.2. The number of aryl methyl sites for hydroxylation is 1. The van der Waals surface area contributed by atoms with Gasteiger partial charge in [-0.1, -0.05) is 17.7 Å². The number of anilines is 1. The SMILES string of the molecule is Cc1ccc(NC(=O)Cc2nc(CC(=O)O)cs2)cc1. The molecule has 0 saturated carbocycles. The predicted molar refractivity (Wildman–Crippen MR) is 77.0 cm³/mol. The van der Waals surface area contributed by atoms with E-state index in [9.17, 15) is 9.59 Å². The lowest BCUT2D eigenvalue weighted by Gasteiger charge is -2.03. The van der Waals surface area contributed by atoms with Crippen LogP contribution < -0.4 is 5.32 Å². The first kappa shape index (κ1) is 14.2. The molecule has 2 aromatic rings. The zero-order valence-corrected chi connectivity index (χ0v) is 11.7. The van der Waals surface area contributed by atoms with Gasteiger partial charge >= 0.3 is 5.97 Å². The van der Waals surface area contributed by atoms with Crippen LogP contribution in [-0.4, -0.2) is 22.0 Å². The lowest BCUT2D eigenvalue weighted by atomic mass is 10.2. The molecule has 0 unspecified atom stereocenters. The van der Waals surface area contributed by atoms with Crippen LogP contribution in [0.4, 0.5) is 5.69 Å². The summed E-state index contributed by atoms with van der Waals surface area (Å²) in [5.74, 6) is -1.09. The number of hydrogen-bond donors (Lipinski definition) is 2. The van der Waals surface area contributed by atoms with Crippen molar-refractivity contribution in [2.75, 3.05) is 5.32 Å². The summed E-state index contributed by atoms with van der Waals surface area (Å²) in [6.45, 7) is 1.98. The van der Waals surface area contributed by atoms with Crippen molar-refractivity contribution in [1.29, 1.82) is 0 Å². The number of thiazole rings is 1. The summed E-state index contributed by atoms with van der Waals surface area (Å²) in [6, 6.07) is 7.52. The van der Waals surface area contributed by atoms with Gasteiger partial charge in [-0.05, 0) is 19.1 Å². The van der Waals surface area contributed by atoms with Crippen LogP contribution >= 0.6 is 11.3 Å². The molecule has 2 N–H and O–H groups in total. The monoisotopic (exact) mass is 290 g/mol. The summed E-state index contributed by atoms with van der Waals surface area (Å²) in [7, 11) is 0. The fourth-order valence-electron chi connectivity index (χ4n) is 1.65. The summed E-state index contributed by atoms with van der Waals surface area (Å²) in [4.78, 5) is 26.5. The van der Waals surface area contributed by atoms with Crippen LogP contribution in [0.15, 0.2) is 29.6 Å². The molecule has 0 radical (unpaired) electrons. The van der Waals surface area contributed by atoms with E-state index in [1.165, 1.54) is 11.3 Å². The third-order valence-electron chi connectivity index (χ3n) is 2.58. The van der Waals surface area contributed by atoms with E-state index in [0.717, 1.165) is 11.3 Å². The van der Waals surface area contributed by atoms with Gasteiger partial charge in [0.15, 0.2) is 0 Å². The van der Waals surface area contributed by atoms with E-state index in [4.69, 9.17) is 5.11 Å². The molecule has 0 aliphatic carbocycles. The van der Waals surface area contributed by atoms with Gasteiger partial charge < -0.3 is 10.4 Å². The molecule has 0 aliphatic heterocycles. The Labute approximate surface area is 120 Å². The third kappa shape index (κ3) is 4.17. The molecule has 2 rings (SSSR count). The van der Waals surface area contributed by atoms with Crippen molar-refractivity contribution in [3.8, 4) is 0 Å². The molecule has 104 valence electrons. The van der Waals surface area contributed by atoms with Crippen LogP contribution in [0.1, 0.15) is 16.3 Å². The highest BCUT2D eigenvalue weighted by Crippen LogP contribution is 2.13. The third-order valence-corrected chi connectivity index (χ3v) is 3.48. The van der Waals surface area contributed by atoms with Gasteiger partial charge in [0.2, 0.25) is 5.91 Å². The van der Waals surface area contributed by atoms with Crippen LogP contribution in [0.2, 0.25) is 0 Å². The lowest BCUT2D eigenvalue weighted by molar-refractivity contribution is -0.136. The molecule has 0 aliphatic rings. The number of aromatic nitrogens is 1. The summed E-state index contributed by atoms with van der Waals surface area (Å²) in [5.41, 5.74) is 2.35. The molecular formula is C14H14N2O3S. The summed E-state index contributed by atoms with van der Waals surface area (Å²) in [5, 5.41) is 13.7. The number of carboxylic acids is 1. The van der Waals surface area contributed by atoms with Crippen LogP contribution in [0, 0.1) is 6.92 Å². The minimum absolute atomic E-state index is 0.115. The Morgan fingerprint density at radius 1 is 1.25 bits per heavy atom. The zero-order chi connectivity index (χ0) is 14.5. The number of nitrogens with zero attached hydrogens (tertiary/aromatic N) is 1. The summed E-state index contributed by atoms with van der Waals surface area (Å²) in [6.07, 6.45) is 0.0360. The minimum atomic E-state index is -0.925. The molecule has 1 aromatic heterocycles. The maximum absolute atomic E-state index is 11.8. The van der Waals surface area contributed by atoms with Gasteiger partial charge in [-0.25, -0.2) is 4.98 Å². The number of hydrogen-bond acceptors (Lipinski definition) is 4. The maximum atomic E-state index is 11.8. The molecule has 1 heterocycles. The number of carbonyl (C=O) groups is 2. The molecule has 20 heavy (non-hydrogen) atoms. The number of aliphatic carboxylic acids is 1. The Kier molecular flexibility index (Phi) is 4.47. The largest absolute Gasteiger partial charge is 0.481 e. The van der Waals surface area contributed by atoms with E-state index >= 15 is 0 Å². The first-order chi connectivity index (χ1) is 9.52. The smallest absolute Gasteiger partial charge is 0.309 e. The molecule has 0 atom stereocenters. The fraction of sp³-hybridized carbons (Fsp3) is 0.214. The van der Waals surface area contributed by atoms with E-state index < -0.39 is 5.97 Å². The van der Waals surface area contributed by atoms with Crippen LogP contribution in [0.3, 0.4) is 0 Å². The van der Waals surface area contributed by atoms with Crippen molar-refractivity contribution in [2.45, 2.75) is 19.8 Å². The van der Waals surface area contributed by atoms with Crippen molar-refractivity contribution in [1.82, 2.24) is 4.98 Å². The van der Waals surface area contributed by atoms with Crippen molar-refractivity contribution in [3.63, 3.8) is 0 Å². The zero-order valence-electron chi connectivity index (χ0n) is 10.9. The topological polar surface area (TPSA) is 79.3 Å². The van der Waals surface area contributed by atoms with Gasteiger partial charge in [0, 0.05) is 11.1 Å². The average Bonchev–Trinajstić information content (AvgIpc) is 2.78. The van der Waals surface area contributed by atoms with E-state index in [-0.39, 0.29) is 18.7 Å². The molecular weight excluding hydrogens is 276 g/mol. The molecule has 0 bridgehead atoms. The molecule has 1 amide bonds. The lowest BCUT2D eigenvalue weighted by Crippen LogP contribution is -2.14. The summed E-state index contributed by atoms with van der Waals surface area (Å²) < 4.78 is 0. The van der Waals surface area contributed by atoms with E-state index in [0.29, 0.717) is 10.7 Å². The van der Waals surface area contributed by atoms with Gasteiger partial charge in [-0.3, -0.25) is 9.59 Å². The van der Waals surface area contributed by atoms with Gasteiger partial charge in [-0.15, -0.1) is 11.3 Å². The van der Waals surface area contributed by atoms with Crippen LogP contribution in [0.5, 0.6) is 0 Å². The van der Waals surface area contributed by atoms with Crippen molar-refractivity contribution < 1.29 is 14.7 Å². The Balaban J connectivity index is 1.92. The Morgan fingerprint density at radius 2 is 1.95 bits per heavy atom. The van der Waals surface area contributed by atoms with E-state index in [2.05, 4.69) is 10.3 Å². The minimum Gasteiger partial charge on any atom is -0.481 e. The number of amides is 1.